The van der Waals surface area contributed by atoms with Crippen molar-refractivity contribution < 1.29 is 37.0 Å². The lowest BCUT2D eigenvalue weighted by molar-refractivity contribution is -0.147. The van der Waals surface area contributed by atoms with E-state index in [0.29, 0.717) is 47.9 Å². The SMILES string of the molecule is COc1ccc2c(OC3CC4C(=O)NC5(C(=O)NS(=O)(=O)C6CC6)CC5C=CCCCCOC(C)C(=O)N4C3)cc(-c3cn(C)cn3)nc2c1C. The third kappa shape index (κ3) is 6.93. The number of allylic oxidation sites excluding steroid dienone is 1. The molecule has 2 N–H and O–H groups in total. The average Bonchev–Trinajstić information content (AvgIpc) is 3.99. The summed E-state index contributed by atoms with van der Waals surface area (Å²) in [6.45, 7) is 4.05. The number of nitrogens with one attached hydrogen (secondary N) is 2. The predicted octanol–water partition coefficient (Wildman–Crippen LogP) is 2.93. The molecule has 1 aromatic carbocycles. The lowest BCUT2D eigenvalue weighted by Gasteiger charge is -2.28. The smallest absolute Gasteiger partial charge is 0.259 e. The van der Waals surface area contributed by atoms with Gasteiger partial charge in [0.05, 0.1) is 36.4 Å². The van der Waals surface area contributed by atoms with Crippen LogP contribution in [0.1, 0.15) is 57.4 Å². The fraction of sp³-hybridized carbons (Fsp3) is 0.528. The highest BCUT2D eigenvalue weighted by Crippen LogP contribution is 2.46. The molecule has 0 spiro atoms. The first-order chi connectivity index (χ1) is 24.4. The number of hydrogen-bond donors (Lipinski definition) is 2. The molecule has 2 saturated carbocycles. The van der Waals surface area contributed by atoms with Crippen molar-refractivity contribution in [3.05, 3.63) is 48.4 Å². The molecule has 51 heavy (non-hydrogen) atoms. The molecule has 0 bridgehead atoms. The highest BCUT2D eigenvalue weighted by Gasteiger charge is 2.62. The van der Waals surface area contributed by atoms with Crippen LogP contribution in [-0.4, -0.2) is 94.9 Å². The second kappa shape index (κ2) is 13.6. The van der Waals surface area contributed by atoms with Gasteiger partial charge in [-0.2, -0.15) is 0 Å². The Bertz CT molecular complexity index is 2010. The zero-order chi connectivity index (χ0) is 36.1. The van der Waals surface area contributed by atoms with Crippen LogP contribution in [0.15, 0.2) is 42.9 Å². The van der Waals surface area contributed by atoms with E-state index in [0.717, 1.165) is 30.2 Å². The highest BCUT2D eigenvalue weighted by molar-refractivity contribution is 7.91. The second-order valence-corrected chi connectivity index (χ2v) is 16.0. The molecule has 2 aliphatic carbocycles. The van der Waals surface area contributed by atoms with E-state index in [1.54, 1.807) is 26.4 Å². The second-order valence-electron chi connectivity index (χ2n) is 14.1. The van der Waals surface area contributed by atoms with E-state index in [4.69, 9.17) is 19.2 Å². The van der Waals surface area contributed by atoms with Crippen molar-refractivity contribution in [1.82, 2.24) is 29.5 Å². The molecule has 1 saturated heterocycles. The van der Waals surface area contributed by atoms with Gasteiger partial charge in [-0.1, -0.05) is 12.2 Å². The quantitative estimate of drug-likeness (QED) is 0.346. The standard InChI is InChI=1S/C36H44N6O8S/c1-21-30(48-4)13-12-26-31(16-27(38-32(21)26)28-19-41(3)20-37-28)50-24-15-29-33(43)39-36(35(45)40-51(46,47)25-10-11-25)17-23(36)9-7-5-6-8-14-49-22(2)34(44)42(29)18-24/h7,9,12-13,16,19-20,22-25,29H,5-6,8,10-11,14-15,17-18H2,1-4H3,(H,39,43)(H,40,45). The van der Waals surface area contributed by atoms with E-state index in [9.17, 15) is 22.8 Å². The van der Waals surface area contributed by atoms with Crippen molar-refractivity contribution in [1.29, 1.82) is 0 Å². The molecule has 3 aromatic rings. The highest BCUT2D eigenvalue weighted by atomic mass is 32.2. The molecule has 2 aliphatic heterocycles. The summed E-state index contributed by atoms with van der Waals surface area (Å²) in [4.78, 5) is 52.6. The molecule has 3 amide bonds. The summed E-state index contributed by atoms with van der Waals surface area (Å²) in [6, 6.07) is 4.52. The van der Waals surface area contributed by atoms with Gasteiger partial charge in [0.15, 0.2) is 0 Å². The number of carbonyl (C=O) groups excluding carboxylic acids is 3. The minimum absolute atomic E-state index is 0.0844. The fourth-order valence-electron chi connectivity index (χ4n) is 7.09. The number of hydrogen-bond acceptors (Lipinski definition) is 10. The zero-order valence-corrected chi connectivity index (χ0v) is 30.1. The Morgan fingerprint density at radius 2 is 1.96 bits per heavy atom. The number of nitrogens with zero attached hydrogens (tertiary/aromatic N) is 4. The molecular weight excluding hydrogens is 676 g/mol. The predicted molar refractivity (Wildman–Crippen MR) is 187 cm³/mol. The average molecular weight is 721 g/mol. The first-order valence-electron chi connectivity index (χ1n) is 17.5. The van der Waals surface area contributed by atoms with Crippen LogP contribution in [0.4, 0.5) is 0 Å². The van der Waals surface area contributed by atoms with Gasteiger partial charge < -0.3 is 29.0 Å². The summed E-state index contributed by atoms with van der Waals surface area (Å²) in [5.74, 6) is -0.894. The van der Waals surface area contributed by atoms with Crippen LogP contribution >= 0.6 is 0 Å². The Morgan fingerprint density at radius 1 is 1.16 bits per heavy atom. The molecule has 5 unspecified atom stereocenters. The van der Waals surface area contributed by atoms with Crippen molar-refractivity contribution >= 4 is 38.6 Å². The summed E-state index contributed by atoms with van der Waals surface area (Å²) in [5, 5.41) is 3.03. The molecule has 5 atom stereocenters. The van der Waals surface area contributed by atoms with Crippen molar-refractivity contribution in [3.8, 4) is 22.9 Å². The Kier molecular flexibility index (Phi) is 9.29. The van der Waals surface area contributed by atoms with Gasteiger partial charge in [0.25, 0.3) is 11.8 Å². The number of aryl methyl sites for hydroxylation is 2. The number of fused-ring (bicyclic) bond motifs is 3. The number of carbonyl (C=O) groups is 3. The summed E-state index contributed by atoms with van der Waals surface area (Å²) < 4.78 is 47.7. The molecule has 7 rings (SSSR count). The monoisotopic (exact) mass is 720 g/mol. The van der Waals surface area contributed by atoms with Crippen molar-refractivity contribution in [2.45, 2.75) is 87.8 Å². The first-order valence-corrected chi connectivity index (χ1v) is 19.0. The lowest BCUT2D eigenvalue weighted by Crippen LogP contribution is -2.57. The van der Waals surface area contributed by atoms with E-state index in [2.05, 4.69) is 15.0 Å². The minimum Gasteiger partial charge on any atom is -0.496 e. The lowest BCUT2D eigenvalue weighted by atomic mass is 10.1. The van der Waals surface area contributed by atoms with E-state index in [-0.39, 0.29) is 31.2 Å². The molecule has 272 valence electrons. The summed E-state index contributed by atoms with van der Waals surface area (Å²) in [5.41, 5.74) is 1.27. The normalized spacial score (nSPS) is 27.2. The van der Waals surface area contributed by atoms with Gasteiger partial charge in [0, 0.05) is 49.2 Å². The number of methoxy groups -OCH3 is 1. The van der Waals surface area contributed by atoms with Crippen LogP contribution in [0.3, 0.4) is 0 Å². The largest absolute Gasteiger partial charge is 0.496 e. The van der Waals surface area contributed by atoms with E-state index in [1.165, 1.54) is 4.90 Å². The van der Waals surface area contributed by atoms with Crippen LogP contribution in [0.25, 0.3) is 22.3 Å². The van der Waals surface area contributed by atoms with Crippen molar-refractivity contribution in [3.63, 3.8) is 0 Å². The molecule has 15 heteroatoms. The third-order valence-electron chi connectivity index (χ3n) is 10.3. The number of sulfonamides is 1. The van der Waals surface area contributed by atoms with Gasteiger partial charge >= 0.3 is 0 Å². The fourth-order valence-corrected chi connectivity index (χ4v) is 8.45. The summed E-state index contributed by atoms with van der Waals surface area (Å²) >= 11 is 0. The summed E-state index contributed by atoms with van der Waals surface area (Å²) in [7, 11) is -0.382. The molecule has 14 nitrogen and oxygen atoms in total. The first kappa shape index (κ1) is 34.9. The van der Waals surface area contributed by atoms with Gasteiger partial charge in [-0.25, -0.2) is 18.4 Å². The van der Waals surface area contributed by atoms with Gasteiger partial charge in [-0.05, 0) is 64.5 Å². The minimum atomic E-state index is -3.85. The Morgan fingerprint density at radius 3 is 2.69 bits per heavy atom. The maximum atomic E-state index is 14.2. The molecule has 3 fully saturated rings. The Labute approximate surface area is 297 Å². The Hall–Kier alpha value is -4.50. The van der Waals surface area contributed by atoms with E-state index in [1.807, 2.05) is 49.0 Å². The van der Waals surface area contributed by atoms with Crippen LogP contribution in [0.5, 0.6) is 11.5 Å². The summed E-state index contributed by atoms with van der Waals surface area (Å²) in [6.07, 6.45) is 9.56. The zero-order valence-electron chi connectivity index (χ0n) is 29.3. The number of rotatable bonds is 7. The van der Waals surface area contributed by atoms with E-state index < -0.39 is 50.9 Å². The van der Waals surface area contributed by atoms with Gasteiger partial charge in [0.2, 0.25) is 15.9 Å². The van der Waals surface area contributed by atoms with Crippen LogP contribution in [-0.2, 0) is 36.2 Å². The molecule has 0 radical (unpaired) electrons. The van der Waals surface area contributed by atoms with E-state index >= 15 is 0 Å². The molecule has 2 aromatic heterocycles. The van der Waals surface area contributed by atoms with Crippen molar-refractivity contribution in [2.75, 3.05) is 20.3 Å². The molecular formula is C36H44N6O8S. The number of ether oxygens (including phenoxy) is 3. The van der Waals surface area contributed by atoms with Crippen molar-refractivity contribution in [2.24, 2.45) is 13.0 Å². The topological polar surface area (TPSA) is 171 Å². The number of amides is 3. The number of imidazole rings is 1. The maximum Gasteiger partial charge on any atom is 0.259 e. The van der Waals surface area contributed by atoms with Gasteiger partial charge in [-0.3, -0.25) is 19.1 Å². The van der Waals surface area contributed by atoms with Crippen LogP contribution in [0.2, 0.25) is 0 Å². The Balaban J connectivity index is 1.21. The molecule has 4 aliphatic rings. The number of pyridine rings is 1. The van der Waals surface area contributed by atoms with Crippen LogP contribution < -0.4 is 19.5 Å². The van der Waals surface area contributed by atoms with Crippen LogP contribution in [0, 0.1) is 12.8 Å². The number of aromatic nitrogens is 3. The maximum absolute atomic E-state index is 14.2. The van der Waals surface area contributed by atoms with Gasteiger partial charge in [-0.15, -0.1) is 0 Å². The van der Waals surface area contributed by atoms with Gasteiger partial charge in [0.1, 0.15) is 41.0 Å². The number of benzene rings is 1. The molecule has 4 heterocycles. The third-order valence-corrected chi connectivity index (χ3v) is 12.1.